The number of rotatable bonds is 4. The summed E-state index contributed by atoms with van der Waals surface area (Å²) in [6.07, 6.45) is 2.69. The van der Waals surface area contributed by atoms with Crippen LogP contribution in [0.4, 0.5) is 0 Å². The molecule has 1 unspecified atom stereocenters. The lowest BCUT2D eigenvalue weighted by Crippen LogP contribution is -2.52. The van der Waals surface area contributed by atoms with Crippen LogP contribution in [0.3, 0.4) is 0 Å². The number of ether oxygens (including phenoxy) is 2. The van der Waals surface area contributed by atoms with E-state index < -0.39 is 0 Å². The lowest BCUT2D eigenvalue weighted by molar-refractivity contribution is -0.188. The molecule has 1 atom stereocenters. The van der Waals surface area contributed by atoms with E-state index in [-0.39, 0.29) is 17.7 Å². The van der Waals surface area contributed by atoms with Crippen molar-refractivity contribution in [1.82, 2.24) is 10.2 Å². The molecule has 0 bridgehead atoms. The number of nitrogens with zero attached hydrogens (tertiary/aromatic N) is 1. The van der Waals surface area contributed by atoms with Gasteiger partial charge in [-0.05, 0) is 13.3 Å². The van der Waals surface area contributed by atoms with Gasteiger partial charge in [0.2, 0.25) is 5.91 Å². The van der Waals surface area contributed by atoms with Crippen molar-refractivity contribution in [3.63, 3.8) is 0 Å². The van der Waals surface area contributed by atoms with Gasteiger partial charge in [0.15, 0.2) is 5.79 Å². The molecule has 1 N–H and O–H groups in total. The van der Waals surface area contributed by atoms with Crippen molar-refractivity contribution < 1.29 is 14.3 Å². The fourth-order valence-electron chi connectivity index (χ4n) is 2.60. The van der Waals surface area contributed by atoms with E-state index in [9.17, 15) is 4.79 Å². The van der Waals surface area contributed by atoms with Gasteiger partial charge >= 0.3 is 0 Å². The molecule has 1 spiro atoms. The summed E-state index contributed by atoms with van der Waals surface area (Å²) in [4.78, 5) is 14.1. The number of hydrogen-bond donors (Lipinski definition) is 1. The Morgan fingerprint density at radius 2 is 1.94 bits per heavy atom. The predicted octanol–water partition coefficient (Wildman–Crippen LogP) is 0.740. The van der Waals surface area contributed by atoms with E-state index in [0.717, 1.165) is 38.9 Å². The minimum Gasteiger partial charge on any atom is -0.355 e. The number of carbonyl (C=O) groups is 1. The van der Waals surface area contributed by atoms with Crippen molar-refractivity contribution in [2.24, 2.45) is 0 Å². The zero-order valence-electron chi connectivity index (χ0n) is 11.4. The summed E-state index contributed by atoms with van der Waals surface area (Å²) >= 11 is 0. The molecule has 104 valence electrons. The molecule has 0 aromatic heterocycles. The Morgan fingerprint density at radius 3 is 2.50 bits per heavy atom. The highest BCUT2D eigenvalue weighted by Gasteiger charge is 2.41. The Hall–Kier alpha value is -0.650. The molecule has 2 aliphatic heterocycles. The summed E-state index contributed by atoms with van der Waals surface area (Å²) in [5.74, 6) is -0.225. The van der Waals surface area contributed by atoms with Crippen molar-refractivity contribution in [2.75, 3.05) is 32.8 Å². The number of likely N-dealkylation sites (tertiary alicyclic amines) is 1. The minimum absolute atomic E-state index is 0.0599. The van der Waals surface area contributed by atoms with Crippen LogP contribution in [0.25, 0.3) is 0 Å². The Bertz CT molecular complexity index is 280. The Labute approximate surface area is 109 Å². The van der Waals surface area contributed by atoms with Crippen LogP contribution in [0.5, 0.6) is 0 Å². The number of amides is 1. The summed E-state index contributed by atoms with van der Waals surface area (Å²) in [5, 5.41) is 2.95. The highest BCUT2D eigenvalue weighted by Crippen LogP contribution is 2.31. The van der Waals surface area contributed by atoms with E-state index >= 15 is 0 Å². The van der Waals surface area contributed by atoms with Gasteiger partial charge in [-0.3, -0.25) is 9.69 Å². The number of carbonyl (C=O) groups excluding carboxylic acids is 1. The molecule has 0 aromatic rings. The van der Waals surface area contributed by atoms with Gasteiger partial charge in [-0.1, -0.05) is 6.92 Å². The van der Waals surface area contributed by atoms with Crippen LogP contribution in [0.1, 0.15) is 33.1 Å². The van der Waals surface area contributed by atoms with Crippen LogP contribution >= 0.6 is 0 Å². The van der Waals surface area contributed by atoms with Gasteiger partial charge in [-0.2, -0.15) is 0 Å². The summed E-state index contributed by atoms with van der Waals surface area (Å²) in [6, 6.07) is -0.0599. The van der Waals surface area contributed by atoms with Crippen LogP contribution in [0, 0.1) is 0 Å². The van der Waals surface area contributed by atoms with Crippen LogP contribution in [-0.2, 0) is 14.3 Å². The van der Waals surface area contributed by atoms with Crippen LogP contribution in [0.2, 0.25) is 0 Å². The average Bonchev–Trinajstić information content (AvgIpc) is 2.84. The molecule has 5 nitrogen and oxygen atoms in total. The number of hydrogen-bond acceptors (Lipinski definition) is 4. The first-order chi connectivity index (χ1) is 8.67. The number of nitrogens with one attached hydrogen (secondary N) is 1. The Balaban J connectivity index is 1.79. The molecule has 1 amide bonds. The van der Waals surface area contributed by atoms with Gasteiger partial charge in [0.25, 0.3) is 0 Å². The van der Waals surface area contributed by atoms with Crippen molar-refractivity contribution in [3.05, 3.63) is 0 Å². The molecule has 2 rings (SSSR count). The predicted molar refractivity (Wildman–Crippen MR) is 68.2 cm³/mol. The fourth-order valence-corrected chi connectivity index (χ4v) is 2.60. The molecule has 2 heterocycles. The summed E-state index contributed by atoms with van der Waals surface area (Å²) in [6.45, 7) is 7.91. The molecule has 5 heteroatoms. The van der Waals surface area contributed by atoms with Crippen LogP contribution in [-0.4, -0.2) is 55.5 Å². The van der Waals surface area contributed by atoms with Crippen LogP contribution in [0.15, 0.2) is 0 Å². The van der Waals surface area contributed by atoms with E-state index in [1.54, 1.807) is 0 Å². The zero-order chi connectivity index (χ0) is 13.0. The van der Waals surface area contributed by atoms with Gasteiger partial charge < -0.3 is 14.8 Å². The van der Waals surface area contributed by atoms with Crippen molar-refractivity contribution in [1.29, 1.82) is 0 Å². The van der Waals surface area contributed by atoms with E-state index in [0.29, 0.717) is 13.2 Å². The fraction of sp³-hybridized carbons (Fsp3) is 0.923. The van der Waals surface area contributed by atoms with Gasteiger partial charge in [0, 0.05) is 32.5 Å². The van der Waals surface area contributed by atoms with E-state index in [1.807, 2.05) is 6.92 Å². The van der Waals surface area contributed by atoms with Gasteiger partial charge in [0.1, 0.15) is 0 Å². The first-order valence-electron chi connectivity index (χ1n) is 6.96. The maximum atomic E-state index is 11.9. The van der Waals surface area contributed by atoms with Crippen molar-refractivity contribution in [2.45, 2.75) is 44.9 Å². The summed E-state index contributed by atoms with van der Waals surface area (Å²) in [5.41, 5.74) is 0. The number of piperidine rings is 1. The summed E-state index contributed by atoms with van der Waals surface area (Å²) in [7, 11) is 0. The van der Waals surface area contributed by atoms with Gasteiger partial charge in [0.05, 0.1) is 19.3 Å². The van der Waals surface area contributed by atoms with Crippen molar-refractivity contribution >= 4 is 5.91 Å². The standard InChI is InChI=1S/C13H24N2O3/c1-3-6-14-12(16)11(2)15-7-4-13(5-8-15)17-9-10-18-13/h11H,3-10H2,1-2H3,(H,14,16). The zero-order valence-corrected chi connectivity index (χ0v) is 11.4. The first-order valence-corrected chi connectivity index (χ1v) is 6.96. The third-order valence-electron chi connectivity index (χ3n) is 3.85. The molecule has 2 aliphatic rings. The van der Waals surface area contributed by atoms with E-state index in [2.05, 4.69) is 17.1 Å². The smallest absolute Gasteiger partial charge is 0.237 e. The maximum Gasteiger partial charge on any atom is 0.237 e. The Kier molecular flexibility index (Phi) is 4.59. The second-order valence-electron chi connectivity index (χ2n) is 5.11. The molecule has 2 saturated heterocycles. The lowest BCUT2D eigenvalue weighted by atomic mass is 10.0. The second-order valence-corrected chi connectivity index (χ2v) is 5.11. The first kappa shape index (κ1) is 13.8. The Morgan fingerprint density at radius 1 is 1.33 bits per heavy atom. The minimum atomic E-state index is -0.351. The normalized spacial score (nSPS) is 25.2. The second kappa shape index (κ2) is 5.99. The van der Waals surface area contributed by atoms with Crippen molar-refractivity contribution in [3.8, 4) is 0 Å². The highest BCUT2D eigenvalue weighted by molar-refractivity contribution is 5.81. The highest BCUT2D eigenvalue weighted by atomic mass is 16.7. The van der Waals surface area contributed by atoms with Gasteiger partial charge in [-0.15, -0.1) is 0 Å². The van der Waals surface area contributed by atoms with Gasteiger partial charge in [-0.25, -0.2) is 0 Å². The quantitative estimate of drug-likeness (QED) is 0.806. The van der Waals surface area contributed by atoms with E-state index in [4.69, 9.17) is 9.47 Å². The average molecular weight is 256 g/mol. The SMILES string of the molecule is CCCNC(=O)C(C)N1CCC2(CC1)OCCO2. The maximum absolute atomic E-state index is 11.9. The molecule has 18 heavy (non-hydrogen) atoms. The molecule has 0 radical (unpaired) electrons. The summed E-state index contributed by atoms with van der Waals surface area (Å²) < 4.78 is 11.4. The monoisotopic (exact) mass is 256 g/mol. The molecular weight excluding hydrogens is 232 g/mol. The molecule has 0 aromatic carbocycles. The third-order valence-corrected chi connectivity index (χ3v) is 3.85. The molecule has 0 aliphatic carbocycles. The molecule has 2 fully saturated rings. The van der Waals surface area contributed by atoms with E-state index in [1.165, 1.54) is 0 Å². The topological polar surface area (TPSA) is 50.8 Å². The largest absolute Gasteiger partial charge is 0.355 e. The lowest BCUT2D eigenvalue weighted by Gasteiger charge is -2.39. The molecule has 0 saturated carbocycles. The van der Waals surface area contributed by atoms with Crippen LogP contribution < -0.4 is 5.32 Å². The third kappa shape index (κ3) is 3.02. The molecular formula is C13H24N2O3.